The number of rotatable bonds is 1. The first-order valence-electron chi connectivity index (χ1n) is 3.34. The maximum Gasteiger partial charge on any atom is 0.0761 e. The molecule has 0 bridgehead atoms. The summed E-state index contributed by atoms with van der Waals surface area (Å²) in [6.07, 6.45) is 1.42. The van der Waals surface area contributed by atoms with Gasteiger partial charge in [0.2, 0.25) is 0 Å². The monoisotopic (exact) mass is 148 g/mol. The molecule has 54 valence electrons. The number of halogens is 1. The maximum absolute atomic E-state index is 5.67. The van der Waals surface area contributed by atoms with Gasteiger partial charge in [0.05, 0.1) is 6.10 Å². The van der Waals surface area contributed by atoms with Crippen molar-refractivity contribution in [2.24, 2.45) is 5.41 Å². The molecule has 1 unspecified atom stereocenters. The molecule has 9 heavy (non-hydrogen) atoms. The molecule has 0 aromatic rings. The van der Waals surface area contributed by atoms with Gasteiger partial charge in [0.1, 0.15) is 0 Å². The molecule has 1 aliphatic rings. The van der Waals surface area contributed by atoms with Gasteiger partial charge in [0, 0.05) is 12.5 Å². The van der Waals surface area contributed by atoms with E-state index in [1.54, 1.807) is 0 Å². The Labute approximate surface area is 61.3 Å². The Hall–Kier alpha value is 0.250. The Morgan fingerprint density at radius 1 is 1.67 bits per heavy atom. The summed E-state index contributed by atoms with van der Waals surface area (Å²) in [5.41, 5.74) is 0.307. The second-order valence-corrected chi connectivity index (χ2v) is 3.56. The fourth-order valence-corrected chi connectivity index (χ4v) is 1.61. The average Bonchev–Trinajstić information content (AvgIpc) is 2.08. The quantitative estimate of drug-likeness (QED) is 0.518. The summed E-state index contributed by atoms with van der Waals surface area (Å²) < 4.78 is 5.39. The molecule has 0 aliphatic carbocycles. The third kappa shape index (κ3) is 1.39. The molecule has 0 amide bonds. The van der Waals surface area contributed by atoms with Crippen LogP contribution in [-0.2, 0) is 4.74 Å². The molecule has 1 atom stereocenters. The van der Waals surface area contributed by atoms with Gasteiger partial charge in [-0.2, -0.15) is 0 Å². The van der Waals surface area contributed by atoms with E-state index in [1.165, 1.54) is 0 Å². The van der Waals surface area contributed by atoms with Crippen LogP contribution in [0.2, 0.25) is 0 Å². The lowest BCUT2D eigenvalue weighted by Gasteiger charge is -2.22. The van der Waals surface area contributed by atoms with Crippen molar-refractivity contribution in [3.8, 4) is 0 Å². The van der Waals surface area contributed by atoms with E-state index in [0.717, 1.165) is 13.0 Å². The molecule has 1 aliphatic heterocycles. The van der Waals surface area contributed by atoms with Crippen molar-refractivity contribution in [3.05, 3.63) is 0 Å². The lowest BCUT2D eigenvalue weighted by Crippen LogP contribution is -2.25. The molecule has 0 saturated carbocycles. The zero-order valence-electron chi connectivity index (χ0n) is 5.98. The van der Waals surface area contributed by atoms with Gasteiger partial charge >= 0.3 is 0 Å². The molecule has 0 aromatic carbocycles. The van der Waals surface area contributed by atoms with Crippen LogP contribution < -0.4 is 0 Å². The zero-order chi connectivity index (χ0) is 6.91. The first kappa shape index (κ1) is 7.36. The molecule has 0 radical (unpaired) electrons. The van der Waals surface area contributed by atoms with Crippen LogP contribution in [0.4, 0.5) is 0 Å². The highest BCUT2D eigenvalue weighted by molar-refractivity contribution is 6.18. The first-order valence-corrected chi connectivity index (χ1v) is 3.88. The summed E-state index contributed by atoms with van der Waals surface area (Å²) >= 11 is 5.67. The number of hydrogen-bond acceptors (Lipinski definition) is 1. The molecule has 1 fully saturated rings. The van der Waals surface area contributed by atoms with E-state index in [-0.39, 0.29) is 6.10 Å². The summed E-state index contributed by atoms with van der Waals surface area (Å²) in [6.45, 7) is 5.28. The van der Waals surface area contributed by atoms with Gasteiger partial charge < -0.3 is 4.74 Å². The highest BCUT2D eigenvalue weighted by Crippen LogP contribution is 2.33. The van der Waals surface area contributed by atoms with E-state index in [4.69, 9.17) is 16.3 Å². The molecule has 1 rings (SSSR count). The Morgan fingerprint density at radius 3 is 2.56 bits per heavy atom. The minimum absolute atomic E-state index is 0.277. The largest absolute Gasteiger partial charge is 0.376 e. The zero-order valence-corrected chi connectivity index (χ0v) is 6.74. The number of alkyl halides is 1. The Balaban J connectivity index is 2.52. The standard InChI is InChI=1S/C7H13ClO/c1-7(2)3-4-9-6(7)5-8/h6H,3-5H2,1-2H3. The maximum atomic E-state index is 5.67. The summed E-state index contributed by atoms with van der Waals surface area (Å²) in [6, 6.07) is 0. The SMILES string of the molecule is CC1(C)CCOC1CCl. The van der Waals surface area contributed by atoms with Crippen LogP contribution in [0.15, 0.2) is 0 Å². The Kier molecular flexibility index (Phi) is 2.02. The highest BCUT2D eigenvalue weighted by Gasteiger charge is 2.34. The summed E-state index contributed by atoms with van der Waals surface area (Å²) in [5.74, 6) is 0.632. The van der Waals surface area contributed by atoms with E-state index >= 15 is 0 Å². The van der Waals surface area contributed by atoms with Gasteiger partial charge in [-0.25, -0.2) is 0 Å². The predicted molar refractivity (Wildman–Crippen MR) is 38.9 cm³/mol. The third-order valence-corrected chi connectivity index (χ3v) is 2.36. The van der Waals surface area contributed by atoms with E-state index in [0.29, 0.717) is 11.3 Å². The summed E-state index contributed by atoms with van der Waals surface area (Å²) in [7, 11) is 0. The predicted octanol–water partition coefficient (Wildman–Crippen LogP) is 2.04. The highest BCUT2D eigenvalue weighted by atomic mass is 35.5. The molecule has 1 nitrogen and oxygen atoms in total. The second-order valence-electron chi connectivity index (χ2n) is 3.25. The van der Waals surface area contributed by atoms with Crippen molar-refractivity contribution < 1.29 is 4.74 Å². The summed E-state index contributed by atoms with van der Waals surface area (Å²) in [5, 5.41) is 0. The molecular formula is C7H13ClO. The van der Waals surface area contributed by atoms with Crippen molar-refractivity contribution in [1.82, 2.24) is 0 Å². The van der Waals surface area contributed by atoms with E-state index in [9.17, 15) is 0 Å². The van der Waals surface area contributed by atoms with E-state index < -0.39 is 0 Å². The van der Waals surface area contributed by atoms with Crippen molar-refractivity contribution in [2.75, 3.05) is 12.5 Å². The fraction of sp³-hybridized carbons (Fsp3) is 1.00. The van der Waals surface area contributed by atoms with Crippen molar-refractivity contribution >= 4 is 11.6 Å². The van der Waals surface area contributed by atoms with Crippen LogP contribution in [-0.4, -0.2) is 18.6 Å². The van der Waals surface area contributed by atoms with Crippen LogP contribution in [0.1, 0.15) is 20.3 Å². The van der Waals surface area contributed by atoms with Gasteiger partial charge in [0.15, 0.2) is 0 Å². The number of hydrogen-bond donors (Lipinski definition) is 0. The van der Waals surface area contributed by atoms with Gasteiger partial charge in [-0.3, -0.25) is 0 Å². The van der Waals surface area contributed by atoms with E-state index in [1.807, 2.05) is 0 Å². The van der Waals surface area contributed by atoms with Crippen LogP contribution in [0.25, 0.3) is 0 Å². The van der Waals surface area contributed by atoms with Gasteiger partial charge in [-0.1, -0.05) is 13.8 Å². The third-order valence-electron chi connectivity index (χ3n) is 2.08. The second kappa shape index (κ2) is 2.47. The van der Waals surface area contributed by atoms with Gasteiger partial charge in [-0.05, 0) is 11.8 Å². The molecule has 0 aromatic heterocycles. The van der Waals surface area contributed by atoms with Crippen molar-refractivity contribution in [1.29, 1.82) is 0 Å². The van der Waals surface area contributed by atoms with E-state index in [2.05, 4.69) is 13.8 Å². The average molecular weight is 149 g/mol. The van der Waals surface area contributed by atoms with Gasteiger partial charge in [-0.15, -0.1) is 11.6 Å². The van der Waals surface area contributed by atoms with Crippen LogP contribution >= 0.6 is 11.6 Å². The Bertz CT molecular complexity index is 101. The molecule has 1 heterocycles. The summed E-state index contributed by atoms with van der Waals surface area (Å²) in [4.78, 5) is 0. The van der Waals surface area contributed by atoms with Crippen molar-refractivity contribution in [3.63, 3.8) is 0 Å². The normalized spacial score (nSPS) is 33.0. The molecule has 1 saturated heterocycles. The minimum Gasteiger partial charge on any atom is -0.376 e. The van der Waals surface area contributed by atoms with Crippen molar-refractivity contribution in [2.45, 2.75) is 26.4 Å². The van der Waals surface area contributed by atoms with Crippen LogP contribution in [0, 0.1) is 5.41 Å². The van der Waals surface area contributed by atoms with Gasteiger partial charge in [0.25, 0.3) is 0 Å². The molecular weight excluding hydrogens is 136 g/mol. The molecule has 0 spiro atoms. The smallest absolute Gasteiger partial charge is 0.0761 e. The first-order chi connectivity index (χ1) is 4.17. The Morgan fingerprint density at radius 2 is 2.33 bits per heavy atom. The number of ether oxygens (including phenoxy) is 1. The molecule has 2 heteroatoms. The lowest BCUT2D eigenvalue weighted by molar-refractivity contribution is 0.0825. The fourth-order valence-electron chi connectivity index (χ4n) is 1.10. The topological polar surface area (TPSA) is 9.23 Å². The molecule has 0 N–H and O–H groups in total. The minimum atomic E-state index is 0.277. The lowest BCUT2D eigenvalue weighted by atomic mass is 9.87. The van der Waals surface area contributed by atoms with Crippen LogP contribution in [0.5, 0.6) is 0 Å². The van der Waals surface area contributed by atoms with Crippen LogP contribution in [0.3, 0.4) is 0 Å².